The third-order valence-electron chi connectivity index (χ3n) is 5.41. The van der Waals surface area contributed by atoms with E-state index in [1.54, 1.807) is 12.1 Å². The van der Waals surface area contributed by atoms with E-state index in [0.717, 1.165) is 31.2 Å². The Labute approximate surface area is 174 Å². The van der Waals surface area contributed by atoms with Crippen molar-refractivity contribution in [2.24, 2.45) is 26.0 Å². The Kier molecular flexibility index (Phi) is 5.48. The first kappa shape index (κ1) is 20.4. The van der Waals surface area contributed by atoms with Gasteiger partial charge in [0.25, 0.3) is 0 Å². The van der Waals surface area contributed by atoms with E-state index in [1.165, 1.54) is 23.2 Å². The molecule has 1 atom stereocenters. The van der Waals surface area contributed by atoms with Crippen LogP contribution in [0.1, 0.15) is 31.2 Å². The van der Waals surface area contributed by atoms with Gasteiger partial charge in [0.2, 0.25) is 21.9 Å². The first-order valence-corrected chi connectivity index (χ1v) is 11.3. The highest BCUT2D eigenvalue weighted by Crippen LogP contribution is 2.27. The fourth-order valence-electron chi connectivity index (χ4n) is 3.84. The van der Waals surface area contributed by atoms with Crippen LogP contribution < -0.4 is 10.5 Å². The summed E-state index contributed by atoms with van der Waals surface area (Å²) in [4.78, 5) is 39.3. The molecule has 3 N–H and O–H groups in total. The van der Waals surface area contributed by atoms with Crippen LogP contribution in [0.3, 0.4) is 0 Å². The maximum atomic E-state index is 12.8. The van der Waals surface area contributed by atoms with Crippen molar-refractivity contribution in [2.75, 3.05) is 6.54 Å². The smallest absolute Gasteiger partial charge is 0.294 e. The number of amidine groups is 1. The number of primary sulfonamides is 1. The van der Waals surface area contributed by atoms with Gasteiger partial charge in [0.15, 0.2) is 0 Å². The van der Waals surface area contributed by atoms with Crippen molar-refractivity contribution in [1.82, 2.24) is 10.2 Å². The van der Waals surface area contributed by atoms with Crippen LogP contribution in [0, 0.1) is 5.92 Å². The number of guanidine groups is 1. The quantitative estimate of drug-likeness (QED) is 0.712. The molecular formula is C19H22N6O4S. The minimum absolute atomic E-state index is 0.0521. The van der Waals surface area contributed by atoms with E-state index in [1.807, 2.05) is 0 Å². The van der Waals surface area contributed by atoms with Gasteiger partial charge < -0.3 is 0 Å². The number of rotatable bonds is 5. The first-order valence-electron chi connectivity index (χ1n) is 9.76. The van der Waals surface area contributed by atoms with E-state index >= 15 is 0 Å². The standard InChI is InChI=1S/C19H22N6O4S/c20-30(28,29)14-7-5-12(6-8-14)9-10-21-18-22-11-15-16(23-18)24-19(27)25(17(15)26)13-3-1-2-4-13/h5-8,11,13,15H,1-4,9-10H2,(H2,20,28,29)(H,21,23,24,27). The number of sulfonamides is 1. The van der Waals surface area contributed by atoms with Crippen LogP contribution in [0.25, 0.3) is 0 Å². The van der Waals surface area contributed by atoms with E-state index in [2.05, 4.69) is 20.3 Å². The molecule has 30 heavy (non-hydrogen) atoms. The Bertz CT molecular complexity index is 1060. The SMILES string of the molecule is NS(=O)(=O)c1ccc(CCN=C2N=CC3C(=O)N(C4CCCC4)C(=O)NC3=N2)cc1. The van der Waals surface area contributed by atoms with Gasteiger partial charge >= 0.3 is 6.03 Å². The fraction of sp³-hybridized carbons (Fsp3) is 0.421. The predicted octanol–water partition coefficient (Wildman–Crippen LogP) is 0.826. The maximum absolute atomic E-state index is 12.8. The van der Waals surface area contributed by atoms with Gasteiger partial charge in [0.1, 0.15) is 11.8 Å². The van der Waals surface area contributed by atoms with Crippen molar-refractivity contribution in [2.45, 2.75) is 43.0 Å². The molecular weight excluding hydrogens is 408 g/mol. The molecule has 1 aromatic rings. The summed E-state index contributed by atoms with van der Waals surface area (Å²) >= 11 is 0. The minimum atomic E-state index is -3.72. The molecule has 11 heteroatoms. The summed E-state index contributed by atoms with van der Waals surface area (Å²) in [5, 5.41) is 7.79. The third-order valence-corrected chi connectivity index (χ3v) is 6.34. The van der Waals surface area contributed by atoms with Gasteiger partial charge in [-0.2, -0.15) is 4.99 Å². The minimum Gasteiger partial charge on any atom is -0.294 e. The van der Waals surface area contributed by atoms with E-state index < -0.39 is 22.0 Å². The number of amides is 3. The van der Waals surface area contributed by atoms with Crippen molar-refractivity contribution < 1.29 is 18.0 Å². The molecule has 3 aliphatic rings. The molecule has 4 rings (SSSR count). The maximum Gasteiger partial charge on any atom is 0.329 e. The molecule has 0 spiro atoms. The van der Waals surface area contributed by atoms with Gasteiger partial charge in [-0.3, -0.25) is 15.0 Å². The lowest BCUT2D eigenvalue weighted by Gasteiger charge is -2.35. The van der Waals surface area contributed by atoms with Crippen LogP contribution >= 0.6 is 0 Å². The van der Waals surface area contributed by atoms with Crippen molar-refractivity contribution in [3.05, 3.63) is 29.8 Å². The van der Waals surface area contributed by atoms with E-state index in [-0.39, 0.29) is 28.6 Å². The molecule has 10 nitrogen and oxygen atoms in total. The third kappa shape index (κ3) is 4.17. The van der Waals surface area contributed by atoms with E-state index in [0.29, 0.717) is 13.0 Å². The van der Waals surface area contributed by atoms with Crippen LogP contribution in [-0.2, 0) is 21.2 Å². The number of nitrogens with one attached hydrogen (secondary N) is 1. The molecule has 2 aliphatic heterocycles. The van der Waals surface area contributed by atoms with Crippen molar-refractivity contribution >= 4 is 40.0 Å². The number of nitrogens with zero attached hydrogens (tertiary/aromatic N) is 4. The summed E-state index contributed by atoms with van der Waals surface area (Å²) in [5.41, 5.74) is 0.880. The summed E-state index contributed by atoms with van der Waals surface area (Å²) < 4.78 is 22.6. The highest BCUT2D eigenvalue weighted by molar-refractivity contribution is 7.89. The van der Waals surface area contributed by atoms with Gasteiger partial charge in [0, 0.05) is 18.8 Å². The second-order valence-corrected chi connectivity index (χ2v) is 9.01. The highest BCUT2D eigenvalue weighted by Gasteiger charge is 2.43. The zero-order valence-electron chi connectivity index (χ0n) is 16.2. The largest absolute Gasteiger partial charge is 0.329 e. The lowest BCUT2D eigenvalue weighted by atomic mass is 10.0. The molecule has 0 radical (unpaired) electrons. The normalized spacial score (nSPS) is 23.5. The average molecular weight is 430 g/mol. The Balaban J connectivity index is 1.40. The summed E-state index contributed by atoms with van der Waals surface area (Å²) in [6.45, 7) is 0.360. The first-order chi connectivity index (χ1) is 14.3. The van der Waals surface area contributed by atoms with Crippen molar-refractivity contribution in [3.8, 4) is 0 Å². The molecule has 0 aromatic heterocycles. The number of nitrogens with two attached hydrogens (primary N) is 1. The number of imide groups is 1. The summed E-state index contributed by atoms with van der Waals surface area (Å²) in [7, 11) is -3.72. The lowest BCUT2D eigenvalue weighted by molar-refractivity contribution is -0.130. The zero-order valence-corrected chi connectivity index (χ0v) is 17.0. The van der Waals surface area contributed by atoms with E-state index in [9.17, 15) is 18.0 Å². The average Bonchev–Trinajstić information content (AvgIpc) is 3.22. The molecule has 1 saturated carbocycles. The van der Waals surface area contributed by atoms with Crippen molar-refractivity contribution in [1.29, 1.82) is 0 Å². The molecule has 1 aromatic carbocycles. The number of fused-ring (bicyclic) bond motifs is 1. The number of carbonyl (C=O) groups excluding carboxylic acids is 2. The molecule has 1 unspecified atom stereocenters. The van der Waals surface area contributed by atoms with Crippen LogP contribution in [0.2, 0.25) is 0 Å². The van der Waals surface area contributed by atoms with E-state index in [4.69, 9.17) is 5.14 Å². The van der Waals surface area contributed by atoms with Crippen molar-refractivity contribution in [3.63, 3.8) is 0 Å². The van der Waals surface area contributed by atoms with Crippen LogP contribution in [0.4, 0.5) is 4.79 Å². The fourth-order valence-corrected chi connectivity index (χ4v) is 4.35. The second-order valence-electron chi connectivity index (χ2n) is 7.45. The summed E-state index contributed by atoms with van der Waals surface area (Å²) in [5.74, 6) is -0.537. The van der Waals surface area contributed by atoms with Gasteiger partial charge in [-0.15, -0.1) is 0 Å². The molecule has 1 saturated heterocycles. The van der Waals surface area contributed by atoms with Gasteiger partial charge in [-0.25, -0.2) is 28.3 Å². The monoisotopic (exact) mass is 430 g/mol. The second kappa shape index (κ2) is 8.07. The topological polar surface area (TPSA) is 147 Å². The number of urea groups is 1. The number of hydrogen-bond donors (Lipinski definition) is 2. The molecule has 1 aliphatic carbocycles. The Hall–Kier alpha value is -2.92. The van der Waals surface area contributed by atoms with Gasteiger partial charge in [-0.05, 0) is 37.0 Å². The van der Waals surface area contributed by atoms with Gasteiger partial charge in [0.05, 0.1) is 4.90 Å². The molecule has 2 fully saturated rings. The predicted molar refractivity (Wildman–Crippen MR) is 111 cm³/mol. The highest BCUT2D eigenvalue weighted by atomic mass is 32.2. The Morgan fingerprint density at radius 1 is 1.17 bits per heavy atom. The van der Waals surface area contributed by atoms with Gasteiger partial charge in [-0.1, -0.05) is 25.0 Å². The summed E-state index contributed by atoms with van der Waals surface area (Å²) in [6.07, 6.45) is 5.72. The molecule has 0 bridgehead atoms. The Morgan fingerprint density at radius 2 is 1.87 bits per heavy atom. The lowest BCUT2D eigenvalue weighted by Crippen LogP contribution is -2.61. The number of benzene rings is 1. The number of aliphatic imine (C=N–C) groups is 3. The number of hydrogen-bond acceptors (Lipinski definition) is 5. The van der Waals surface area contributed by atoms with Crippen LogP contribution in [0.15, 0.2) is 44.1 Å². The zero-order chi connectivity index (χ0) is 21.3. The Morgan fingerprint density at radius 3 is 2.53 bits per heavy atom. The molecule has 3 amide bonds. The summed E-state index contributed by atoms with van der Waals surface area (Å²) in [6, 6.07) is 5.74. The number of carbonyl (C=O) groups is 2. The molecule has 158 valence electrons. The molecule has 2 heterocycles. The van der Waals surface area contributed by atoms with Crippen LogP contribution in [-0.4, -0.2) is 55.9 Å². The van der Waals surface area contributed by atoms with Crippen LogP contribution in [0.5, 0.6) is 0 Å².